The van der Waals surface area contributed by atoms with Crippen LogP contribution in [0.25, 0.3) is 0 Å². The van der Waals surface area contributed by atoms with E-state index in [2.05, 4.69) is 24.3 Å². The number of aryl methyl sites for hydroxylation is 1. The molecule has 0 saturated carbocycles. The number of carbonyl (C=O) groups is 1. The van der Waals surface area contributed by atoms with Crippen LogP contribution in [0.5, 0.6) is 0 Å². The van der Waals surface area contributed by atoms with Crippen molar-refractivity contribution in [3.8, 4) is 0 Å². The molecule has 1 aromatic heterocycles. The van der Waals surface area contributed by atoms with Gasteiger partial charge in [-0.15, -0.1) is 0 Å². The van der Waals surface area contributed by atoms with Crippen molar-refractivity contribution in [3.05, 3.63) is 57.6 Å². The van der Waals surface area contributed by atoms with Crippen LogP contribution in [0.1, 0.15) is 34.5 Å². The predicted molar refractivity (Wildman–Crippen MR) is 87.5 cm³/mol. The molecule has 3 rings (SSSR count). The first-order valence-electron chi connectivity index (χ1n) is 8.06. The van der Waals surface area contributed by atoms with E-state index in [1.165, 1.54) is 10.3 Å². The molecule has 122 valence electrons. The number of nitrogens with zero attached hydrogens (tertiary/aromatic N) is 2. The average molecular weight is 314 g/mol. The zero-order chi connectivity index (χ0) is 16.4. The molecule has 1 aromatic carbocycles. The fraction of sp³-hybridized carbons (Fsp3) is 0.444. The lowest BCUT2D eigenvalue weighted by atomic mass is 9.90. The maximum atomic E-state index is 12.6. The minimum Gasteiger partial charge on any atom is -0.338 e. The molecule has 1 aliphatic heterocycles. The first-order chi connectivity index (χ1) is 11.1. The normalized spacial score (nSPS) is 15.8. The van der Waals surface area contributed by atoms with Crippen LogP contribution < -0.4 is 5.63 Å². The number of benzene rings is 1. The number of rotatable bonds is 3. The highest BCUT2D eigenvalue weighted by Crippen LogP contribution is 2.23. The highest BCUT2D eigenvalue weighted by Gasteiger charge is 2.28. The monoisotopic (exact) mass is 314 g/mol. The summed E-state index contributed by atoms with van der Waals surface area (Å²) >= 11 is 0. The fourth-order valence-corrected chi connectivity index (χ4v) is 3.23. The van der Waals surface area contributed by atoms with Crippen molar-refractivity contribution >= 4 is 5.91 Å². The molecule has 5 nitrogen and oxygen atoms in total. The first-order valence-corrected chi connectivity index (χ1v) is 8.06. The molecule has 23 heavy (non-hydrogen) atoms. The Morgan fingerprint density at radius 3 is 2.43 bits per heavy atom. The summed E-state index contributed by atoms with van der Waals surface area (Å²) in [6, 6.07) is 10.4. The van der Waals surface area contributed by atoms with Crippen LogP contribution in [0.15, 0.2) is 39.6 Å². The lowest BCUT2D eigenvalue weighted by Gasteiger charge is -2.31. The molecule has 5 heteroatoms. The minimum atomic E-state index is -0.540. The molecular weight excluding hydrogens is 292 g/mol. The van der Waals surface area contributed by atoms with E-state index in [0.717, 1.165) is 19.3 Å². The van der Waals surface area contributed by atoms with E-state index in [1.54, 1.807) is 18.9 Å². The van der Waals surface area contributed by atoms with Crippen molar-refractivity contribution in [2.75, 3.05) is 13.1 Å². The number of hydrogen-bond acceptors (Lipinski definition) is 3. The van der Waals surface area contributed by atoms with Crippen LogP contribution in [0, 0.1) is 12.8 Å². The molecule has 1 saturated heterocycles. The summed E-state index contributed by atoms with van der Waals surface area (Å²) in [5.74, 6) is 0.393. The molecule has 0 aliphatic carbocycles. The molecule has 0 unspecified atom stereocenters. The van der Waals surface area contributed by atoms with E-state index >= 15 is 0 Å². The van der Waals surface area contributed by atoms with Crippen molar-refractivity contribution in [1.29, 1.82) is 0 Å². The number of amides is 1. The Balaban J connectivity index is 1.62. The third-order valence-corrected chi connectivity index (χ3v) is 4.74. The van der Waals surface area contributed by atoms with Gasteiger partial charge in [0.1, 0.15) is 5.56 Å². The summed E-state index contributed by atoms with van der Waals surface area (Å²) in [6.07, 6.45) is 2.99. The number of piperidine rings is 1. The zero-order valence-corrected chi connectivity index (χ0v) is 13.6. The fourth-order valence-electron chi connectivity index (χ4n) is 3.23. The van der Waals surface area contributed by atoms with Gasteiger partial charge in [-0.2, -0.15) is 0 Å². The quantitative estimate of drug-likeness (QED) is 0.874. The molecule has 0 N–H and O–H groups in total. The van der Waals surface area contributed by atoms with Crippen molar-refractivity contribution in [3.63, 3.8) is 0 Å². The van der Waals surface area contributed by atoms with Gasteiger partial charge in [-0.25, -0.2) is 9.53 Å². The van der Waals surface area contributed by atoms with Gasteiger partial charge in [-0.1, -0.05) is 30.3 Å². The summed E-state index contributed by atoms with van der Waals surface area (Å²) in [5.41, 5.74) is 1.57. The van der Waals surface area contributed by atoms with Crippen molar-refractivity contribution in [2.24, 2.45) is 13.0 Å². The Kier molecular flexibility index (Phi) is 4.37. The molecule has 0 radical (unpaired) electrons. The van der Waals surface area contributed by atoms with Crippen molar-refractivity contribution < 1.29 is 9.32 Å². The van der Waals surface area contributed by atoms with Gasteiger partial charge in [0.15, 0.2) is 0 Å². The summed E-state index contributed by atoms with van der Waals surface area (Å²) in [4.78, 5) is 26.2. The van der Waals surface area contributed by atoms with Gasteiger partial charge < -0.3 is 9.42 Å². The topological polar surface area (TPSA) is 55.5 Å². The maximum absolute atomic E-state index is 12.6. The summed E-state index contributed by atoms with van der Waals surface area (Å²) in [7, 11) is 1.64. The highest BCUT2D eigenvalue weighted by molar-refractivity contribution is 5.94. The van der Waals surface area contributed by atoms with Gasteiger partial charge in [0.2, 0.25) is 0 Å². The highest BCUT2D eigenvalue weighted by atomic mass is 16.5. The predicted octanol–water partition coefficient (Wildman–Crippen LogP) is 2.38. The molecule has 1 aliphatic rings. The molecule has 1 fully saturated rings. The standard InChI is InChI=1S/C18H22N2O3/c1-13-16(18(22)23-19(13)2)17(21)20-10-8-15(9-11-20)12-14-6-4-3-5-7-14/h3-7,15H,8-12H2,1-2H3. The lowest BCUT2D eigenvalue weighted by molar-refractivity contribution is 0.0687. The van der Waals surface area contributed by atoms with Crippen LogP contribution in [0.4, 0.5) is 0 Å². The van der Waals surface area contributed by atoms with Gasteiger partial charge in [0, 0.05) is 20.1 Å². The molecule has 2 aromatic rings. The van der Waals surface area contributed by atoms with E-state index in [0.29, 0.717) is 24.7 Å². The Bertz CT molecular complexity index is 737. The Morgan fingerprint density at radius 2 is 1.87 bits per heavy atom. The van der Waals surface area contributed by atoms with Crippen molar-refractivity contribution in [2.45, 2.75) is 26.2 Å². The number of hydrogen-bond donors (Lipinski definition) is 0. The zero-order valence-electron chi connectivity index (χ0n) is 13.6. The average Bonchev–Trinajstić information content (AvgIpc) is 2.81. The van der Waals surface area contributed by atoms with Crippen LogP contribution in [-0.2, 0) is 13.5 Å². The molecule has 1 amide bonds. The van der Waals surface area contributed by atoms with E-state index in [9.17, 15) is 9.59 Å². The van der Waals surface area contributed by atoms with Crippen molar-refractivity contribution in [1.82, 2.24) is 9.64 Å². The molecular formula is C18H22N2O3. The molecule has 0 spiro atoms. The van der Waals surface area contributed by atoms with Crippen LogP contribution in [0.2, 0.25) is 0 Å². The molecule has 0 bridgehead atoms. The number of aromatic nitrogens is 1. The summed E-state index contributed by atoms with van der Waals surface area (Å²) in [6.45, 7) is 3.13. The second-order valence-corrected chi connectivity index (χ2v) is 6.26. The second kappa shape index (κ2) is 6.44. The third-order valence-electron chi connectivity index (χ3n) is 4.74. The molecule has 2 heterocycles. The Morgan fingerprint density at radius 1 is 1.22 bits per heavy atom. The SMILES string of the molecule is Cc1c(C(=O)N2CCC(Cc3ccccc3)CC2)c(=O)on1C. The van der Waals surface area contributed by atoms with Crippen LogP contribution >= 0.6 is 0 Å². The van der Waals surface area contributed by atoms with Crippen LogP contribution in [0.3, 0.4) is 0 Å². The minimum absolute atomic E-state index is 0.175. The number of carbonyl (C=O) groups excluding carboxylic acids is 1. The van der Waals surface area contributed by atoms with E-state index in [-0.39, 0.29) is 11.5 Å². The van der Waals surface area contributed by atoms with Gasteiger partial charge in [0.05, 0.1) is 5.69 Å². The molecule has 0 atom stereocenters. The second-order valence-electron chi connectivity index (χ2n) is 6.26. The maximum Gasteiger partial charge on any atom is 0.370 e. The van der Waals surface area contributed by atoms with E-state index in [4.69, 9.17) is 4.52 Å². The van der Waals surface area contributed by atoms with E-state index < -0.39 is 5.63 Å². The van der Waals surface area contributed by atoms with Gasteiger partial charge in [-0.3, -0.25) is 4.79 Å². The van der Waals surface area contributed by atoms with Crippen LogP contribution in [-0.4, -0.2) is 28.6 Å². The Labute approximate surface area is 135 Å². The lowest BCUT2D eigenvalue weighted by Crippen LogP contribution is -2.40. The largest absolute Gasteiger partial charge is 0.370 e. The summed E-state index contributed by atoms with van der Waals surface area (Å²) < 4.78 is 6.33. The Hall–Kier alpha value is -2.30. The summed E-state index contributed by atoms with van der Waals surface area (Å²) in [5, 5.41) is 0. The van der Waals surface area contributed by atoms with Gasteiger partial charge in [0.25, 0.3) is 5.91 Å². The van der Waals surface area contributed by atoms with E-state index in [1.807, 2.05) is 6.07 Å². The van der Waals surface area contributed by atoms with Gasteiger partial charge in [-0.05, 0) is 37.7 Å². The first kappa shape index (κ1) is 15.6. The third kappa shape index (κ3) is 3.23. The van der Waals surface area contributed by atoms with Gasteiger partial charge >= 0.3 is 5.63 Å². The smallest absolute Gasteiger partial charge is 0.338 e. The number of likely N-dealkylation sites (tertiary alicyclic amines) is 1.